The minimum atomic E-state index is 0.0788. The van der Waals surface area contributed by atoms with Gasteiger partial charge < -0.3 is 14.2 Å². The summed E-state index contributed by atoms with van der Waals surface area (Å²) >= 11 is 6.14. The van der Waals surface area contributed by atoms with E-state index in [1.165, 1.54) is 14.2 Å². The fourth-order valence-electron chi connectivity index (χ4n) is 1.88. The number of hydrogen-bond donors (Lipinski definition) is 0. The molecule has 3 rings (SSSR count). The molecule has 112 valence electrons. The predicted molar refractivity (Wildman–Crippen MR) is 82.0 cm³/mol. The maximum atomic E-state index is 6.14. The number of aromatic nitrogens is 3. The van der Waals surface area contributed by atoms with E-state index in [9.17, 15) is 0 Å². The van der Waals surface area contributed by atoms with Gasteiger partial charge in [0.2, 0.25) is 17.6 Å². The minimum Gasteiger partial charge on any atom is -0.481 e. The van der Waals surface area contributed by atoms with E-state index in [2.05, 4.69) is 15.0 Å². The van der Waals surface area contributed by atoms with Crippen LogP contribution in [0.3, 0.4) is 0 Å². The molecule has 0 radical (unpaired) electrons. The zero-order valence-corrected chi connectivity index (χ0v) is 12.7. The predicted octanol–water partition coefficient (Wildman–Crippen LogP) is 3.49. The van der Waals surface area contributed by atoms with Gasteiger partial charge in [0.05, 0.1) is 30.8 Å². The second-order valence-corrected chi connectivity index (χ2v) is 4.71. The number of benzene rings is 1. The van der Waals surface area contributed by atoms with E-state index in [-0.39, 0.29) is 6.01 Å². The Labute approximate surface area is 131 Å². The Bertz CT molecular complexity index is 804. The Morgan fingerprint density at radius 3 is 2.27 bits per heavy atom. The quantitative estimate of drug-likeness (QED) is 0.734. The molecular formula is C15H12ClN3O3. The molecule has 22 heavy (non-hydrogen) atoms. The molecule has 0 saturated carbocycles. The van der Waals surface area contributed by atoms with Crippen molar-refractivity contribution in [2.45, 2.75) is 0 Å². The molecule has 0 aliphatic rings. The summed E-state index contributed by atoms with van der Waals surface area (Å²) in [5, 5.41) is 1.47. The number of methoxy groups -OCH3 is 2. The van der Waals surface area contributed by atoms with E-state index in [1.54, 1.807) is 18.2 Å². The third-order valence-corrected chi connectivity index (χ3v) is 3.22. The lowest BCUT2D eigenvalue weighted by Crippen LogP contribution is -1.99. The molecule has 7 heteroatoms. The third-order valence-electron chi connectivity index (χ3n) is 2.92. The molecule has 0 aliphatic carbocycles. The first-order valence-electron chi connectivity index (χ1n) is 6.40. The highest BCUT2D eigenvalue weighted by Crippen LogP contribution is 2.27. The molecule has 0 spiro atoms. The van der Waals surface area contributed by atoms with Crippen molar-refractivity contribution in [3.05, 3.63) is 41.4 Å². The van der Waals surface area contributed by atoms with Crippen molar-refractivity contribution in [2.75, 3.05) is 14.2 Å². The van der Waals surface area contributed by atoms with E-state index < -0.39 is 0 Å². The molecule has 0 amide bonds. The lowest BCUT2D eigenvalue weighted by Gasteiger charge is -2.07. The van der Waals surface area contributed by atoms with Crippen LogP contribution in [0.25, 0.3) is 10.9 Å². The summed E-state index contributed by atoms with van der Waals surface area (Å²) < 4.78 is 15.7. The lowest BCUT2D eigenvalue weighted by molar-refractivity contribution is 0.345. The normalized spacial score (nSPS) is 10.5. The average Bonchev–Trinajstić information content (AvgIpc) is 2.55. The fourth-order valence-corrected chi connectivity index (χ4v) is 2.11. The van der Waals surface area contributed by atoms with Gasteiger partial charge in [0.15, 0.2) is 0 Å². The highest BCUT2D eigenvalue weighted by atomic mass is 35.5. The van der Waals surface area contributed by atoms with Gasteiger partial charge in [0.25, 0.3) is 0 Å². The second-order valence-electron chi connectivity index (χ2n) is 4.30. The largest absolute Gasteiger partial charge is 0.481 e. The average molecular weight is 318 g/mol. The zero-order valence-electron chi connectivity index (χ0n) is 11.9. The highest BCUT2D eigenvalue weighted by Gasteiger charge is 2.09. The molecule has 0 N–H and O–H groups in total. The van der Waals surface area contributed by atoms with Crippen LogP contribution >= 0.6 is 11.6 Å². The van der Waals surface area contributed by atoms with Gasteiger partial charge in [-0.25, -0.2) is 4.98 Å². The molecule has 0 bridgehead atoms. The van der Waals surface area contributed by atoms with Crippen LogP contribution < -0.4 is 14.2 Å². The number of para-hydroxylation sites is 1. The maximum absolute atomic E-state index is 6.14. The summed E-state index contributed by atoms with van der Waals surface area (Å²) in [4.78, 5) is 12.5. The number of pyridine rings is 1. The van der Waals surface area contributed by atoms with Crippen LogP contribution in [0, 0.1) is 0 Å². The van der Waals surface area contributed by atoms with Gasteiger partial charge >= 0.3 is 6.01 Å². The van der Waals surface area contributed by atoms with Gasteiger partial charge in [-0.1, -0.05) is 23.7 Å². The Balaban J connectivity index is 1.97. The molecule has 3 aromatic rings. The summed E-state index contributed by atoms with van der Waals surface area (Å²) in [5.41, 5.74) is 0.650. The molecule has 0 atom stereocenters. The van der Waals surface area contributed by atoms with E-state index in [0.717, 1.165) is 5.39 Å². The number of rotatable bonds is 4. The summed E-state index contributed by atoms with van der Waals surface area (Å²) in [6.45, 7) is 0. The molecule has 0 aliphatic heterocycles. The number of halogens is 1. The van der Waals surface area contributed by atoms with Gasteiger partial charge in [0.1, 0.15) is 0 Å². The van der Waals surface area contributed by atoms with Gasteiger partial charge in [-0.2, -0.15) is 9.97 Å². The fraction of sp³-hybridized carbons (Fsp3) is 0.133. The standard InChI is InChI=1S/C15H12ClN3O3/c1-20-12-8-13(21-2)19-15(18-12)22-11-7-6-9-4-3-5-10(16)14(9)17-11/h3-8H,1-2H3. The summed E-state index contributed by atoms with van der Waals surface area (Å²) in [7, 11) is 3.00. The highest BCUT2D eigenvalue weighted by molar-refractivity contribution is 6.35. The number of nitrogens with zero attached hydrogens (tertiary/aromatic N) is 3. The molecular weight excluding hydrogens is 306 g/mol. The van der Waals surface area contributed by atoms with Crippen molar-refractivity contribution in [2.24, 2.45) is 0 Å². The first kappa shape index (κ1) is 14.3. The van der Waals surface area contributed by atoms with E-state index in [4.69, 9.17) is 25.8 Å². The van der Waals surface area contributed by atoms with Crippen molar-refractivity contribution >= 4 is 22.5 Å². The van der Waals surface area contributed by atoms with Crippen LogP contribution in [0.4, 0.5) is 0 Å². The second kappa shape index (κ2) is 6.03. The maximum Gasteiger partial charge on any atom is 0.330 e. The SMILES string of the molecule is COc1cc(OC)nc(Oc2ccc3cccc(Cl)c3n2)n1. The topological polar surface area (TPSA) is 66.4 Å². The summed E-state index contributed by atoms with van der Waals surface area (Å²) in [5.74, 6) is 0.997. The number of ether oxygens (including phenoxy) is 3. The van der Waals surface area contributed by atoms with Crippen LogP contribution in [0.5, 0.6) is 23.7 Å². The Morgan fingerprint density at radius 1 is 0.864 bits per heavy atom. The molecule has 1 aromatic carbocycles. The van der Waals surface area contributed by atoms with E-state index in [1.807, 2.05) is 18.2 Å². The molecule has 0 fully saturated rings. The van der Waals surface area contributed by atoms with Crippen molar-refractivity contribution in [3.63, 3.8) is 0 Å². The van der Waals surface area contributed by atoms with E-state index in [0.29, 0.717) is 28.2 Å². The van der Waals surface area contributed by atoms with Crippen LogP contribution in [-0.4, -0.2) is 29.2 Å². The van der Waals surface area contributed by atoms with Gasteiger partial charge in [-0.15, -0.1) is 0 Å². The zero-order chi connectivity index (χ0) is 15.5. The van der Waals surface area contributed by atoms with E-state index >= 15 is 0 Å². The van der Waals surface area contributed by atoms with Crippen molar-refractivity contribution in [1.82, 2.24) is 15.0 Å². The van der Waals surface area contributed by atoms with Crippen molar-refractivity contribution < 1.29 is 14.2 Å². The van der Waals surface area contributed by atoms with Gasteiger partial charge in [0, 0.05) is 11.5 Å². The third kappa shape index (κ3) is 2.87. The minimum absolute atomic E-state index is 0.0788. The van der Waals surface area contributed by atoms with Crippen LogP contribution in [-0.2, 0) is 0 Å². The smallest absolute Gasteiger partial charge is 0.330 e. The lowest BCUT2D eigenvalue weighted by atomic mass is 10.2. The molecule has 2 aromatic heterocycles. The Hall–Kier alpha value is -2.60. The molecule has 2 heterocycles. The Kier molecular flexibility index (Phi) is 3.93. The first-order valence-corrected chi connectivity index (χ1v) is 6.77. The molecule has 0 saturated heterocycles. The van der Waals surface area contributed by atoms with Crippen molar-refractivity contribution in [3.8, 4) is 23.7 Å². The van der Waals surface area contributed by atoms with Crippen LogP contribution in [0.2, 0.25) is 5.02 Å². The van der Waals surface area contributed by atoms with Crippen LogP contribution in [0.1, 0.15) is 0 Å². The molecule has 6 nitrogen and oxygen atoms in total. The van der Waals surface area contributed by atoms with Gasteiger partial charge in [-0.05, 0) is 12.1 Å². The Morgan fingerprint density at radius 2 is 1.59 bits per heavy atom. The monoisotopic (exact) mass is 317 g/mol. The number of hydrogen-bond acceptors (Lipinski definition) is 6. The van der Waals surface area contributed by atoms with Crippen LogP contribution in [0.15, 0.2) is 36.4 Å². The van der Waals surface area contributed by atoms with Gasteiger partial charge in [-0.3, -0.25) is 0 Å². The summed E-state index contributed by atoms with van der Waals surface area (Å²) in [6, 6.07) is 10.8. The number of fused-ring (bicyclic) bond motifs is 1. The van der Waals surface area contributed by atoms with Crippen molar-refractivity contribution in [1.29, 1.82) is 0 Å². The summed E-state index contributed by atoms with van der Waals surface area (Å²) in [6.07, 6.45) is 0. The first-order chi connectivity index (χ1) is 10.7. The molecule has 0 unspecified atom stereocenters.